The van der Waals surface area contributed by atoms with Crippen LogP contribution < -0.4 is 9.73 Å². The maximum atomic E-state index is 13.2. The normalized spacial score (nSPS) is 11.3. The lowest BCUT2D eigenvalue weighted by molar-refractivity contribution is -0.384. The van der Waals surface area contributed by atoms with Crippen LogP contribution in [0.4, 0.5) is 11.4 Å². The fourth-order valence-corrected chi connectivity index (χ4v) is 4.60. The third kappa shape index (κ3) is 6.15. The van der Waals surface area contributed by atoms with E-state index in [1.807, 2.05) is 0 Å². The van der Waals surface area contributed by atoms with Crippen LogP contribution in [0.15, 0.2) is 87.3 Å². The van der Waals surface area contributed by atoms with E-state index >= 15 is 0 Å². The summed E-state index contributed by atoms with van der Waals surface area (Å²) in [5.74, 6) is -0.727. The van der Waals surface area contributed by atoms with Crippen LogP contribution in [0.3, 0.4) is 0 Å². The van der Waals surface area contributed by atoms with E-state index in [0.717, 1.165) is 15.0 Å². The summed E-state index contributed by atoms with van der Waals surface area (Å²) in [7, 11) is -4.05. The first-order valence-corrected chi connectivity index (χ1v) is 11.9. The molecule has 3 aromatic rings. The van der Waals surface area contributed by atoms with Crippen molar-refractivity contribution in [3.05, 3.63) is 98.0 Å². The molecule has 0 unspecified atom stereocenters. The van der Waals surface area contributed by atoms with Crippen LogP contribution in [-0.4, -0.2) is 32.0 Å². The molecule has 0 aliphatic rings. The fraction of sp³-hybridized carbons (Fsp3) is 0.0476. The zero-order valence-electron chi connectivity index (χ0n) is 16.8. The van der Waals surface area contributed by atoms with Crippen molar-refractivity contribution in [3.63, 3.8) is 0 Å². The molecule has 0 aromatic heterocycles. The van der Waals surface area contributed by atoms with E-state index in [2.05, 4.69) is 26.5 Å². The van der Waals surface area contributed by atoms with E-state index in [4.69, 9.17) is 11.6 Å². The topological polar surface area (TPSA) is 122 Å². The smallest absolute Gasteiger partial charge is 0.270 e. The second-order valence-corrected chi connectivity index (χ2v) is 9.74. The van der Waals surface area contributed by atoms with Gasteiger partial charge in [-0.2, -0.15) is 5.10 Å². The molecule has 0 bridgehead atoms. The van der Waals surface area contributed by atoms with Crippen molar-refractivity contribution < 1.29 is 18.1 Å². The number of sulfonamides is 1. The van der Waals surface area contributed by atoms with Gasteiger partial charge in [0.15, 0.2) is 0 Å². The Balaban J connectivity index is 1.82. The maximum Gasteiger partial charge on any atom is 0.270 e. The van der Waals surface area contributed by atoms with E-state index in [1.54, 1.807) is 42.5 Å². The number of non-ortho nitro benzene ring substituents is 1. The molecular weight excluding hydrogens is 536 g/mol. The highest BCUT2D eigenvalue weighted by Gasteiger charge is 2.27. The molecule has 0 spiro atoms. The lowest BCUT2D eigenvalue weighted by Crippen LogP contribution is -2.39. The van der Waals surface area contributed by atoms with Gasteiger partial charge in [-0.25, -0.2) is 13.8 Å². The third-order valence-corrected chi connectivity index (χ3v) is 6.98. The molecule has 0 radical (unpaired) electrons. The highest BCUT2D eigenvalue weighted by molar-refractivity contribution is 9.10. The minimum Gasteiger partial charge on any atom is -0.271 e. The molecule has 1 N–H and O–H groups in total. The molecule has 33 heavy (non-hydrogen) atoms. The van der Waals surface area contributed by atoms with Crippen molar-refractivity contribution in [2.45, 2.75) is 4.90 Å². The van der Waals surface area contributed by atoms with E-state index in [0.29, 0.717) is 0 Å². The summed E-state index contributed by atoms with van der Waals surface area (Å²) < 4.78 is 28.1. The van der Waals surface area contributed by atoms with Gasteiger partial charge in [-0.15, -0.1) is 0 Å². The number of nitro groups is 1. The maximum absolute atomic E-state index is 13.2. The zero-order chi connectivity index (χ0) is 24.0. The van der Waals surface area contributed by atoms with E-state index in [-0.39, 0.29) is 26.9 Å². The van der Waals surface area contributed by atoms with Crippen molar-refractivity contribution in [1.82, 2.24) is 5.43 Å². The van der Waals surface area contributed by atoms with Gasteiger partial charge >= 0.3 is 0 Å². The Labute approximate surface area is 203 Å². The van der Waals surface area contributed by atoms with Crippen LogP contribution in [0, 0.1) is 10.1 Å². The Bertz CT molecular complexity index is 1300. The van der Waals surface area contributed by atoms with E-state index < -0.39 is 27.4 Å². The molecule has 0 heterocycles. The largest absolute Gasteiger partial charge is 0.271 e. The molecule has 0 atom stereocenters. The highest BCUT2D eigenvalue weighted by atomic mass is 79.9. The van der Waals surface area contributed by atoms with Crippen molar-refractivity contribution in [3.8, 4) is 0 Å². The summed E-state index contributed by atoms with van der Waals surface area (Å²) >= 11 is 9.30. The Hall–Kier alpha value is -3.28. The first kappa shape index (κ1) is 24.4. The van der Waals surface area contributed by atoms with Crippen LogP contribution >= 0.6 is 27.5 Å². The molecule has 1 amide bonds. The van der Waals surface area contributed by atoms with E-state index in [1.165, 1.54) is 30.3 Å². The number of halogens is 2. The van der Waals surface area contributed by atoms with Crippen molar-refractivity contribution >= 4 is 61.1 Å². The number of hydrogen-bond donors (Lipinski definition) is 1. The van der Waals surface area contributed by atoms with Gasteiger partial charge in [0.25, 0.3) is 21.6 Å². The predicted molar refractivity (Wildman–Crippen MR) is 129 cm³/mol. The molecule has 12 heteroatoms. The van der Waals surface area contributed by atoms with Crippen molar-refractivity contribution in [1.29, 1.82) is 0 Å². The first-order valence-electron chi connectivity index (χ1n) is 9.27. The van der Waals surface area contributed by atoms with Crippen LogP contribution in [0.25, 0.3) is 0 Å². The molecule has 0 saturated carbocycles. The number of rotatable bonds is 8. The predicted octanol–water partition coefficient (Wildman–Crippen LogP) is 4.36. The second-order valence-electron chi connectivity index (χ2n) is 6.56. The number of carbonyl (C=O) groups is 1. The van der Waals surface area contributed by atoms with E-state index in [9.17, 15) is 23.3 Å². The van der Waals surface area contributed by atoms with Gasteiger partial charge < -0.3 is 0 Å². The Morgan fingerprint density at radius 2 is 1.79 bits per heavy atom. The standard InChI is InChI=1S/C21H16BrClN4O5S/c22-16-6-8-17(9-7-16)26(33(31,32)19-4-2-1-3-5-19)14-21(28)25-24-13-15-12-18(27(29)30)10-11-20(15)23/h1-13H,14H2,(H,25,28)/b24-13+. The number of nitro benzene ring substituents is 1. The van der Waals surface area contributed by atoms with Crippen LogP contribution in [0.5, 0.6) is 0 Å². The lowest BCUT2D eigenvalue weighted by Gasteiger charge is -2.23. The van der Waals surface area contributed by atoms with Gasteiger partial charge in [0.2, 0.25) is 0 Å². The van der Waals surface area contributed by atoms with Crippen LogP contribution in [0.2, 0.25) is 5.02 Å². The molecular formula is C21H16BrClN4O5S. The molecule has 3 aromatic carbocycles. The number of nitrogens with one attached hydrogen (secondary N) is 1. The monoisotopic (exact) mass is 550 g/mol. The molecule has 9 nitrogen and oxygen atoms in total. The molecule has 0 fully saturated rings. The molecule has 0 aliphatic heterocycles. The number of hydrazone groups is 1. The Kier molecular flexibility index (Phi) is 7.79. The van der Waals surface area contributed by atoms with Gasteiger partial charge in [-0.3, -0.25) is 19.2 Å². The average molecular weight is 552 g/mol. The van der Waals surface area contributed by atoms with Crippen molar-refractivity contribution in [2.24, 2.45) is 5.10 Å². The fourth-order valence-electron chi connectivity index (χ4n) is 2.73. The number of nitrogens with zero attached hydrogens (tertiary/aromatic N) is 3. The van der Waals surface area contributed by atoms with Crippen LogP contribution in [0.1, 0.15) is 5.56 Å². The van der Waals surface area contributed by atoms with Gasteiger partial charge in [0, 0.05) is 27.2 Å². The summed E-state index contributed by atoms with van der Waals surface area (Å²) in [5, 5.41) is 14.9. The minimum atomic E-state index is -4.05. The number of amides is 1. The van der Waals surface area contributed by atoms with Crippen molar-refractivity contribution in [2.75, 3.05) is 10.8 Å². The van der Waals surface area contributed by atoms with Gasteiger partial charge in [0.1, 0.15) is 6.54 Å². The summed E-state index contributed by atoms with van der Waals surface area (Å²) in [5.41, 5.74) is 2.53. The summed E-state index contributed by atoms with van der Waals surface area (Å²) in [6.07, 6.45) is 1.14. The quantitative estimate of drug-likeness (QED) is 0.253. The molecule has 170 valence electrons. The number of anilines is 1. The van der Waals surface area contributed by atoms with Gasteiger partial charge in [0.05, 0.1) is 21.7 Å². The van der Waals surface area contributed by atoms with Gasteiger partial charge in [-0.1, -0.05) is 45.7 Å². The minimum absolute atomic E-state index is 0.0209. The SMILES string of the molecule is O=C(CN(c1ccc(Br)cc1)S(=O)(=O)c1ccccc1)N/N=C/c1cc([N+](=O)[O-])ccc1Cl. The molecule has 0 saturated heterocycles. The first-order chi connectivity index (χ1) is 15.7. The van der Waals surface area contributed by atoms with Crippen LogP contribution in [-0.2, 0) is 14.8 Å². The molecule has 3 rings (SSSR count). The number of benzene rings is 3. The Morgan fingerprint density at radius 1 is 1.12 bits per heavy atom. The summed E-state index contributed by atoms with van der Waals surface area (Å²) in [6.45, 7) is -0.557. The number of carbonyl (C=O) groups excluding carboxylic acids is 1. The summed E-state index contributed by atoms with van der Waals surface area (Å²) in [4.78, 5) is 22.9. The molecule has 0 aliphatic carbocycles. The second kappa shape index (κ2) is 10.6. The lowest BCUT2D eigenvalue weighted by atomic mass is 10.2. The number of hydrogen-bond acceptors (Lipinski definition) is 6. The average Bonchev–Trinajstić information content (AvgIpc) is 2.80. The van der Waals surface area contributed by atoms with Gasteiger partial charge in [-0.05, 0) is 42.5 Å². The third-order valence-electron chi connectivity index (χ3n) is 4.32. The summed E-state index contributed by atoms with van der Waals surface area (Å²) in [6, 6.07) is 17.9. The highest BCUT2D eigenvalue weighted by Crippen LogP contribution is 2.25. The zero-order valence-corrected chi connectivity index (χ0v) is 19.9. The Morgan fingerprint density at radius 3 is 2.42 bits per heavy atom.